The van der Waals surface area contributed by atoms with E-state index in [1.807, 2.05) is 41.4 Å². The van der Waals surface area contributed by atoms with Crippen LogP contribution in [0.5, 0.6) is 0 Å². The quantitative estimate of drug-likeness (QED) is 0.725. The minimum Gasteiger partial charge on any atom is -0.211 e. The molecule has 1 aliphatic heterocycles. The summed E-state index contributed by atoms with van der Waals surface area (Å²) in [5.74, 6) is 1.04. The fourth-order valence-corrected chi connectivity index (χ4v) is 1.59. The number of hydrogen-bond donors (Lipinski definition) is 3. The second-order valence-corrected chi connectivity index (χ2v) is 4.74. The smallest absolute Gasteiger partial charge is 0.181 e. The molecule has 20 heavy (non-hydrogen) atoms. The molecule has 0 saturated carbocycles. The number of anilines is 1. The fourth-order valence-electron chi connectivity index (χ4n) is 1.59. The van der Waals surface area contributed by atoms with Crippen LogP contribution in [0.15, 0.2) is 65.8 Å². The van der Waals surface area contributed by atoms with Crippen molar-refractivity contribution >= 4 is 11.5 Å². The third-order valence-electron chi connectivity index (χ3n) is 2.39. The predicted molar refractivity (Wildman–Crippen MR) is 68.6 cm³/mol. The van der Waals surface area contributed by atoms with Crippen molar-refractivity contribution < 1.29 is 28.9 Å². The Morgan fingerprint density at radius 3 is 1.80 bits per heavy atom. The molecule has 106 valence electrons. The largest absolute Gasteiger partial charge is 0.211 e. The Hall–Kier alpha value is -1.96. The van der Waals surface area contributed by atoms with Crippen LogP contribution in [0.3, 0.4) is 0 Å². The predicted octanol–water partition coefficient (Wildman–Crippen LogP) is 0.00840. The van der Waals surface area contributed by atoms with Gasteiger partial charge in [0.2, 0.25) is 0 Å². The molecule has 0 unspecified atom stereocenters. The first-order valence-electron chi connectivity index (χ1n) is 5.60. The van der Waals surface area contributed by atoms with Crippen molar-refractivity contribution in [2.24, 2.45) is 5.10 Å². The molecule has 0 aliphatic carbocycles. The first kappa shape index (κ1) is 14.4. The summed E-state index contributed by atoms with van der Waals surface area (Å²) in [6, 6.07) is 20.4. The summed E-state index contributed by atoms with van der Waals surface area (Å²) in [5, 5.41) is 6.30. The van der Waals surface area contributed by atoms with E-state index in [2.05, 4.69) is 29.4 Å². The van der Waals surface area contributed by atoms with E-state index < -0.39 is 10.2 Å². The van der Waals surface area contributed by atoms with Crippen LogP contribution in [0.4, 0.5) is 5.69 Å². The number of halogens is 1. The van der Waals surface area contributed by atoms with Gasteiger partial charge in [0.05, 0.1) is 5.69 Å². The molecule has 1 aliphatic rings. The van der Waals surface area contributed by atoms with Gasteiger partial charge in [0, 0.05) is 5.56 Å². The Kier molecular flexibility index (Phi) is 4.33. The maximum atomic E-state index is 8.83. The molecule has 7 heteroatoms. The van der Waals surface area contributed by atoms with Crippen molar-refractivity contribution in [2.75, 3.05) is 5.01 Å². The van der Waals surface area contributed by atoms with Crippen LogP contribution in [-0.4, -0.2) is 19.8 Å². The van der Waals surface area contributed by atoms with Crippen LogP contribution in [0.1, 0.15) is 5.56 Å². The van der Waals surface area contributed by atoms with Crippen LogP contribution in [-0.2, 0) is 0 Å². The molecular weight excluding hydrogens is 284 g/mol. The number of hydrazone groups is 1. The summed E-state index contributed by atoms with van der Waals surface area (Å²) >= 11 is 0. The van der Waals surface area contributed by atoms with Crippen LogP contribution in [0, 0.1) is 10.2 Å². The average molecular weight is 297 g/mol. The summed E-state index contributed by atoms with van der Waals surface area (Å²) in [4.78, 5) is 0. The van der Waals surface area contributed by atoms with Gasteiger partial charge >= 0.3 is 28.9 Å². The molecule has 0 bridgehead atoms. The number of para-hydroxylation sites is 1. The second kappa shape index (κ2) is 6.00. The molecule has 2 aromatic carbocycles. The molecule has 0 fully saturated rings. The van der Waals surface area contributed by atoms with E-state index in [0.29, 0.717) is 0 Å². The first-order valence-corrected chi connectivity index (χ1v) is 6.93. The summed E-state index contributed by atoms with van der Waals surface area (Å²) in [6.07, 6.45) is 0. The van der Waals surface area contributed by atoms with Crippen LogP contribution in [0.25, 0.3) is 0 Å². The third kappa shape index (κ3) is 4.61. The van der Waals surface area contributed by atoms with Gasteiger partial charge in [-0.25, -0.2) is 5.01 Å². The van der Waals surface area contributed by atoms with Gasteiger partial charge in [-0.05, 0) is 12.1 Å². The van der Waals surface area contributed by atoms with Gasteiger partial charge in [-0.2, -0.15) is 0 Å². The summed E-state index contributed by atoms with van der Waals surface area (Å²) in [6.45, 7) is 0. The standard InChI is InChI=1S/C13H10N2.ClH3O4/c1-3-7-11(8-4-1)13-14-15(13)12-9-5-2-6-10-12;2-1(3,4)5/h1-10H;2-4H. The van der Waals surface area contributed by atoms with Gasteiger partial charge in [0.25, 0.3) is 0 Å². The van der Waals surface area contributed by atoms with Crippen molar-refractivity contribution in [3.63, 3.8) is 0 Å². The van der Waals surface area contributed by atoms with Gasteiger partial charge in [-0.3, -0.25) is 0 Å². The van der Waals surface area contributed by atoms with E-state index in [4.69, 9.17) is 18.6 Å². The molecule has 1 heterocycles. The van der Waals surface area contributed by atoms with Crippen molar-refractivity contribution in [1.29, 1.82) is 0 Å². The van der Waals surface area contributed by atoms with E-state index in [0.717, 1.165) is 11.5 Å². The summed E-state index contributed by atoms with van der Waals surface area (Å²) in [5.41, 5.74) is 2.29. The van der Waals surface area contributed by atoms with Crippen LogP contribution >= 0.6 is 0 Å². The Labute approximate surface area is 117 Å². The summed E-state index contributed by atoms with van der Waals surface area (Å²) in [7, 11) is -4.19. The van der Waals surface area contributed by atoms with E-state index in [-0.39, 0.29) is 0 Å². The Balaban J connectivity index is 0.000000257. The number of amidine groups is 1. The third-order valence-corrected chi connectivity index (χ3v) is 2.39. The molecule has 3 N–H and O–H groups in total. The van der Waals surface area contributed by atoms with Gasteiger partial charge in [-0.15, -0.1) is 5.10 Å². The van der Waals surface area contributed by atoms with E-state index in [1.165, 1.54) is 5.56 Å². The molecule has 0 atom stereocenters. The Morgan fingerprint density at radius 2 is 1.30 bits per heavy atom. The van der Waals surface area contributed by atoms with E-state index in [1.54, 1.807) is 0 Å². The zero-order valence-corrected chi connectivity index (χ0v) is 11.1. The maximum absolute atomic E-state index is 8.83. The van der Waals surface area contributed by atoms with Crippen molar-refractivity contribution in [3.05, 3.63) is 66.2 Å². The van der Waals surface area contributed by atoms with Crippen LogP contribution < -0.4 is 9.67 Å². The van der Waals surface area contributed by atoms with Gasteiger partial charge < -0.3 is 0 Å². The minimum atomic E-state index is -4.19. The fraction of sp³-hybridized carbons (Fsp3) is 0. The molecule has 0 spiro atoms. The molecular formula is C13H13ClN2O4. The number of rotatable bonds is 2. The molecule has 0 amide bonds. The molecule has 6 nitrogen and oxygen atoms in total. The van der Waals surface area contributed by atoms with Crippen molar-refractivity contribution in [1.82, 2.24) is 0 Å². The second-order valence-electron chi connectivity index (χ2n) is 3.87. The Morgan fingerprint density at radius 1 is 0.850 bits per heavy atom. The normalized spacial score (nSPS) is 14.0. The maximum Gasteiger partial charge on any atom is 0.181 e. The van der Waals surface area contributed by atoms with Crippen molar-refractivity contribution in [3.8, 4) is 0 Å². The molecule has 0 saturated heterocycles. The topological polar surface area (TPSA) is 99.1 Å². The van der Waals surface area contributed by atoms with Gasteiger partial charge in [0.15, 0.2) is 5.84 Å². The Bertz CT molecular complexity index is 578. The number of benzene rings is 2. The number of nitrogens with zero attached hydrogens (tertiary/aromatic N) is 2. The van der Waals surface area contributed by atoms with E-state index in [9.17, 15) is 0 Å². The molecule has 3 rings (SSSR count). The summed E-state index contributed by atoms with van der Waals surface area (Å²) < 4.78 is 30.2. The number of hydrogen-bond acceptors (Lipinski definition) is 6. The zero-order chi connectivity index (χ0) is 14.6. The van der Waals surface area contributed by atoms with Crippen molar-refractivity contribution in [2.45, 2.75) is 0 Å². The van der Waals surface area contributed by atoms with E-state index >= 15 is 0 Å². The van der Waals surface area contributed by atoms with Gasteiger partial charge in [0.1, 0.15) is 0 Å². The van der Waals surface area contributed by atoms with Crippen LogP contribution in [0.2, 0.25) is 0 Å². The van der Waals surface area contributed by atoms with Gasteiger partial charge in [-0.1, -0.05) is 48.5 Å². The molecule has 0 radical (unpaired) electrons. The average Bonchev–Trinajstić information content (AvgIpc) is 3.19. The molecule has 0 aromatic heterocycles. The monoisotopic (exact) mass is 296 g/mol. The SMILES string of the molecule is [O-][Cl+](O)(O)O.c1ccc(C2=NN2c2ccccc2)cc1. The molecule has 2 aromatic rings. The first-order chi connectivity index (χ1) is 9.45. The minimum absolute atomic E-state index is 1.04. The zero-order valence-electron chi connectivity index (χ0n) is 10.3.